The highest BCUT2D eigenvalue weighted by atomic mass is 15.0. The Labute approximate surface area is 345 Å². The summed E-state index contributed by atoms with van der Waals surface area (Å²) in [5, 5.41) is 24.1. The largest absolute Gasteiger partial charge is 0.208 e. The van der Waals surface area contributed by atoms with Crippen molar-refractivity contribution in [2.75, 3.05) is 0 Å². The van der Waals surface area contributed by atoms with Gasteiger partial charge in [0.2, 0.25) is 0 Å². The van der Waals surface area contributed by atoms with E-state index in [1.807, 2.05) is 36.4 Å². The molecule has 0 saturated carbocycles. The normalized spacial score (nSPS) is 11.7. The molecular formula is C56H32N4. The Balaban J connectivity index is 1.13. The lowest BCUT2D eigenvalue weighted by molar-refractivity contribution is 1.07. The van der Waals surface area contributed by atoms with Crippen LogP contribution in [0.15, 0.2) is 194 Å². The second-order valence-electron chi connectivity index (χ2n) is 15.5. The SMILES string of the molecule is N#Cc1ccc(-c2cccc(-c3nc(-c4ccc(-c5ccccc5)cc4)nc(-c4cc5ccc6cccc7c8cccc9ccc%10cccc(c(c4)c5c67)c%10c98)n3)c2)cc1. The van der Waals surface area contributed by atoms with Gasteiger partial charge in [-0.15, -0.1) is 0 Å². The molecule has 0 fully saturated rings. The first-order valence-electron chi connectivity index (χ1n) is 20.1. The van der Waals surface area contributed by atoms with Crippen LogP contribution in [-0.2, 0) is 0 Å². The van der Waals surface area contributed by atoms with Crippen LogP contribution in [0.4, 0.5) is 0 Å². The number of benzene rings is 10. The van der Waals surface area contributed by atoms with Crippen LogP contribution in [0, 0.1) is 11.3 Å². The smallest absolute Gasteiger partial charge is 0.164 e. The summed E-state index contributed by atoms with van der Waals surface area (Å²) in [6.07, 6.45) is 0. The summed E-state index contributed by atoms with van der Waals surface area (Å²) in [4.78, 5) is 15.7. The lowest BCUT2D eigenvalue weighted by Crippen LogP contribution is -2.00. The van der Waals surface area contributed by atoms with E-state index in [0.717, 1.165) is 49.7 Å². The van der Waals surface area contributed by atoms with Gasteiger partial charge in [0.1, 0.15) is 0 Å². The molecule has 0 radical (unpaired) electrons. The molecule has 0 aliphatic rings. The maximum absolute atomic E-state index is 9.41. The van der Waals surface area contributed by atoms with Crippen LogP contribution in [0.2, 0.25) is 0 Å². The van der Waals surface area contributed by atoms with Gasteiger partial charge in [-0.05, 0) is 117 Å². The number of hydrogen-bond donors (Lipinski definition) is 0. The Morgan fingerprint density at radius 2 is 0.717 bits per heavy atom. The molecule has 0 spiro atoms. The topological polar surface area (TPSA) is 62.5 Å². The van der Waals surface area contributed by atoms with Crippen LogP contribution in [0.5, 0.6) is 0 Å². The Bertz CT molecular complexity index is 3690. The van der Waals surface area contributed by atoms with Crippen LogP contribution >= 0.6 is 0 Å². The first-order valence-corrected chi connectivity index (χ1v) is 20.1. The first-order chi connectivity index (χ1) is 29.7. The number of aromatic nitrogens is 3. The van der Waals surface area contributed by atoms with E-state index in [9.17, 15) is 5.26 Å². The molecule has 12 rings (SSSR count). The molecule has 1 aromatic heterocycles. The molecule has 11 aromatic carbocycles. The molecule has 0 aliphatic heterocycles. The highest BCUT2D eigenvalue weighted by molar-refractivity contribution is 6.37. The fourth-order valence-corrected chi connectivity index (χ4v) is 9.19. The van der Waals surface area contributed by atoms with Crippen molar-refractivity contribution in [3.63, 3.8) is 0 Å². The number of nitrogens with zero attached hydrogens (tertiary/aromatic N) is 4. The van der Waals surface area contributed by atoms with Gasteiger partial charge in [0.15, 0.2) is 17.5 Å². The lowest BCUT2D eigenvalue weighted by Gasteiger charge is -2.17. The number of fused-ring (bicyclic) bond motifs is 2. The van der Waals surface area contributed by atoms with Gasteiger partial charge in [-0.3, -0.25) is 0 Å². The third-order valence-corrected chi connectivity index (χ3v) is 12.0. The van der Waals surface area contributed by atoms with Gasteiger partial charge in [-0.25, -0.2) is 15.0 Å². The quantitative estimate of drug-likeness (QED) is 0.164. The molecule has 12 aromatic rings. The van der Waals surface area contributed by atoms with E-state index in [-0.39, 0.29) is 0 Å². The highest BCUT2D eigenvalue weighted by Gasteiger charge is 2.19. The summed E-state index contributed by atoms with van der Waals surface area (Å²) in [6.45, 7) is 0. The Morgan fingerprint density at radius 3 is 1.33 bits per heavy atom. The molecule has 0 aliphatic carbocycles. The molecule has 0 atom stereocenters. The van der Waals surface area contributed by atoms with E-state index in [0.29, 0.717) is 23.0 Å². The van der Waals surface area contributed by atoms with Gasteiger partial charge >= 0.3 is 0 Å². The standard InChI is InChI=1S/C56H32N4/c57-33-34-18-20-37(21-19-34)42-13-4-14-44(30-42)55-58-54(41-27-22-36(23-28-41)35-8-2-1-3-9-35)59-56(60-55)45-31-43-29-26-40-11-6-16-47-46-15-5-10-38-24-25-39-12-7-17-48(52(39)50(38)46)49(32-45)53(43)51(40)47/h1-32H. The number of nitriles is 1. The van der Waals surface area contributed by atoms with Gasteiger partial charge in [-0.2, -0.15) is 5.26 Å². The lowest BCUT2D eigenvalue weighted by atomic mass is 9.87. The molecule has 4 heteroatoms. The minimum absolute atomic E-state index is 0.585. The average molecular weight is 761 g/mol. The zero-order chi connectivity index (χ0) is 39.7. The third-order valence-electron chi connectivity index (χ3n) is 12.0. The van der Waals surface area contributed by atoms with Crippen molar-refractivity contribution in [2.24, 2.45) is 0 Å². The van der Waals surface area contributed by atoms with Crippen molar-refractivity contribution in [1.82, 2.24) is 15.0 Å². The molecule has 276 valence electrons. The first kappa shape index (κ1) is 33.8. The minimum atomic E-state index is 0.585. The third kappa shape index (κ3) is 5.41. The van der Waals surface area contributed by atoms with Crippen LogP contribution < -0.4 is 0 Å². The molecule has 60 heavy (non-hydrogen) atoms. The summed E-state index contributed by atoms with van der Waals surface area (Å²) in [6, 6.07) is 70.6. The van der Waals surface area contributed by atoms with Crippen molar-refractivity contribution in [3.05, 3.63) is 200 Å². The number of hydrogen-bond acceptors (Lipinski definition) is 4. The Kier molecular flexibility index (Phi) is 7.57. The minimum Gasteiger partial charge on any atom is -0.208 e. The van der Waals surface area contributed by atoms with E-state index < -0.39 is 0 Å². The van der Waals surface area contributed by atoms with Crippen molar-refractivity contribution in [3.8, 4) is 62.5 Å². The average Bonchev–Trinajstić information content (AvgIpc) is 3.32. The summed E-state index contributed by atoms with van der Waals surface area (Å²) < 4.78 is 0. The molecular weight excluding hydrogens is 729 g/mol. The van der Waals surface area contributed by atoms with Crippen molar-refractivity contribution < 1.29 is 0 Å². The summed E-state index contributed by atoms with van der Waals surface area (Å²) in [7, 11) is 0. The van der Waals surface area contributed by atoms with E-state index in [1.165, 1.54) is 53.9 Å². The maximum atomic E-state index is 9.41. The van der Waals surface area contributed by atoms with Crippen LogP contribution in [0.3, 0.4) is 0 Å². The zero-order valence-corrected chi connectivity index (χ0v) is 32.3. The second-order valence-corrected chi connectivity index (χ2v) is 15.5. The van der Waals surface area contributed by atoms with Crippen LogP contribution in [-0.4, -0.2) is 15.0 Å². The maximum Gasteiger partial charge on any atom is 0.164 e. The zero-order valence-electron chi connectivity index (χ0n) is 32.3. The molecule has 1 heterocycles. The molecule has 0 N–H and O–H groups in total. The van der Waals surface area contributed by atoms with Crippen LogP contribution in [0.25, 0.3) is 121 Å². The molecule has 0 unspecified atom stereocenters. The van der Waals surface area contributed by atoms with Crippen molar-refractivity contribution in [1.29, 1.82) is 5.26 Å². The van der Waals surface area contributed by atoms with E-state index in [2.05, 4.69) is 164 Å². The fourth-order valence-electron chi connectivity index (χ4n) is 9.19. The molecule has 0 amide bonds. The van der Waals surface area contributed by atoms with E-state index >= 15 is 0 Å². The summed E-state index contributed by atoms with van der Waals surface area (Å²) in [5.41, 5.74) is 7.64. The molecule has 0 saturated heterocycles. The van der Waals surface area contributed by atoms with Crippen LogP contribution in [0.1, 0.15) is 5.56 Å². The van der Waals surface area contributed by atoms with Gasteiger partial charge in [0, 0.05) is 16.7 Å². The molecule has 0 bridgehead atoms. The van der Waals surface area contributed by atoms with Gasteiger partial charge in [-0.1, -0.05) is 164 Å². The highest BCUT2D eigenvalue weighted by Crippen LogP contribution is 2.44. The molecule has 4 nitrogen and oxygen atoms in total. The Hall–Kier alpha value is -8.26. The van der Waals surface area contributed by atoms with Crippen molar-refractivity contribution in [2.45, 2.75) is 0 Å². The monoisotopic (exact) mass is 760 g/mol. The fraction of sp³-hybridized carbons (Fsp3) is 0. The summed E-state index contributed by atoms with van der Waals surface area (Å²) in [5.74, 6) is 1.79. The van der Waals surface area contributed by atoms with Gasteiger partial charge in [0.25, 0.3) is 0 Å². The van der Waals surface area contributed by atoms with Gasteiger partial charge in [0.05, 0.1) is 11.6 Å². The predicted octanol–water partition coefficient (Wildman–Crippen LogP) is 14.4. The number of rotatable bonds is 5. The predicted molar refractivity (Wildman–Crippen MR) is 248 cm³/mol. The Morgan fingerprint density at radius 1 is 0.283 bits per heavy atom. The second kappa shape index (κ2) is 13.4. The summed E-state index contributed by atoms with van der Waals surface area (Å²) >= 11 is 0. The van der Waals surface area contributed by atoms with Crippen molar-refractivity contribution >= 4 is 64.6 Å². The van der Waals surface area contributed by atoms with E-state index in [4.69, 9.17) is 15.0 Å². The van der Waals surface area contributed by atoms with E-state index in [1.54, 1.807) is 0 Å². The van der Waals surface area contributed by atoms with Gasteiger partial charge < -0.3 is 0 Å².